The van der Waals surface area contributed by atoms with Gasteiger partial charge < -0.3 is 9.72 Å². The summed E-state index contributed by atoms with van der Waals surface area (Å²) in [6.07, 6.45) is 6.80. The number of hydrogen-bond acceptors (Lipinski definition) is 4. The number of ether oxygens (including phenoxy) is 1. The van der Waals surface area contributed by atoms with Gasteiger partial charge in [-0.2, -0.15) is 0 Å². The Bertz CT molecular complexity index is 875. The summed E-state index contributed by atoms with van der Waals surface area (Å²) >= 11 is 0. The monoisotopic (exact) mass is 348 g/mol. The van der Waals surface area contributed by atoms with Crippen LogP contribution in [0.5, 0.6) is 5.75 Å². The van der Waals surface area contributed by atoms with Gasteiger partial charge in [-0.05, 0) is 67.3 Å². The van der Waals surface area contributed by atoms with Gasteiger partial charge in [-0.15, -0.1) is 0 Å². The van der Waals surface area contributed by atoms with Crippen LogP contribution >= 0.6 is 0 Å². The smallest absolute Gasteiger partial charge is 0.121 e. The first-order valence-corrected chi connectivity index (χ1v) is 9.04. The third-order valence-electron chi connectivity index (χ3n) is 5.15. The van der Waals surface area contributed by atoms with Gasteiger partial charge in [0.15, 0.2) is 0 Å². The summed E-state index contributed by atoms with van der Waals surface area (Å²) in [6.45, 7) is 5.12. The van der Waals surface area contributed by atoms with Gasteiger partial charge in [0, 0.05) is 30.7 Å². The largest absolute Gasteiger partial charge is 0.496 e. The van der Waals surface area contributed by atoms with E-state index in [1.165, 1.54) is 12.0 Å². The Hall–Kier alpha value is -2.66. The molecule has 1 aromatic carbocycles. The Labute approximate surface area is 154 Å². The molecular weight excluding hydrogens is 324 g/mol. The van der Waals surface area contributed by atoms with Crippen molar-refractivity contribution in [2.75, 3.05) is 20.2 Å². The maximum atomic E-state index is 5.36. The highest BCUT2D eigenvalue weighted by atomic mass is 16.5. The van der Waals surface area contributed by atoms with Gasteiger partial charge >= 0.3 is 0 Å². The summed E-state index contributed by atoms with van der Waals surface area (Å²) in [5.41, 5.74) is 4.65. The van der Waals surface area contributed by atoms with E-state index in [0.717, 1.165) is 48.0 Å². The normalized spacial score (nSPS) is 17.5. The van der Waals surface area contributed by atoms with Crippen LogP contribution in [0.3, 0.4) is 0 Å². The van der Waals surface area contributed by atoms with Crippen LogP contribution in [0, 0.1) is 6.92 Å². The maximum absolute atomic E-state index is 5.36. The molecule has 134 valence electrons. The molecule has 26 heavy (non-hydrogen) atoms. The molecule has 3 aromatic rings. The van der Waals surface area contributed by atoms with Gasteiger partial charge in [0.2, 0.25) is 0 Å². The fourth-order valence-corrected chi connectivity index (χ4v) is 3.74. The number of benzene rings is 1. The van der Waals surface area contributed by atoms with Gasteiger partial charge in [-0.3, -0.25) is 9.88 Å². The number of aryl methyl sites for hydroxylation is 1. The van der Waals surface area contributed by atoms with E-state index in [2.05, 4.69) is 51.0 Å². The van der Waals surface area contributed by atoms with E-state index in [1.54, 1.807) is 7.11 Å². The lowest BCUT2D eigenvalue weighted by Gasteiger charge is -2.15. The molecule has 1 aliphatic heterocycles. The number of pyridine rings is 1. The fraction of sp³-hybridized carbons (Fsp3) is 0.333. The van der Waals surface area contributed by atoms with Crippen LogP contribution in [0.4, 0.5) is 0 Å². The molecular formula is C21H24N4O. The average Bonchev–Trinajstić information content (AvgIpc) is 3.34. The molecule has 3 heterocycles. The molecule has 0 amide bonds. The third kappa shape index (κ3) is 3.48. The van der Waals surface area contributed by atoms with Crippen molar-refractivity contribution in [1.82, 2.24) is 19.9 Å². The van der Waals surface area contributed by atoms with E-state index in [9.17, 15) is 0 Å². The topological polar surface area (TPSA) is 54.0 Å². The van der Waals surface area contributed by atoms with E-state index in [1.807, 2.05) is 24.7 Å². The number of aromatic amines is 1. The molecule has 1 aliphatic rings. The van der Waals surface area contributed by atoms with Crippen LogP contribution in [-0.2, 0) is 6.54 Å². The summed E-state index contributed by atoms with van der Waals surface area (Å²) in [4.78, 5) is 14.6. The molecule has 5 nitrogen and oxygen atoms in total. The SMILES string of the molecule is COc1ccc(-c2cc([C@H]3CCN(Cc4ncc[nH]4)C3)ccn2)cc1C. The highest BCUT2D eigenvalue weighted by Gasteiger charge is 2.24. The molecule has 1 fully saturated rings. The second-order valence-electron chi connectivity index (χ2n) is 6.92. The molecule has 0 saturated carbocycles. The number of nitrogens with one attached hydrogen (secondary N) is 1. The second kappa shape index (κ2) is 7.30. The summed E-state index contributed by atoms with van der Waals surface area (Å²) in [5.74, 6) is 2.50. The molecule has 1 saturated heterocycles. The minimum atomic E-state index is 0.547. The zero-order valence-electron chi connectivity index (χ0n) is 15.3. The van der Waals surface area contributed by atoms with Crippen molar-refractivity contribution >= 4 is 0 Å². The number of hydrogen-bond donors (Lipinski definition) is 1. The van der Waals surface area contributed by atoms with Crippen molar-refractivity contribution in [2.24, 2.45) is 0 Å². The predicted octanol–water partition coefficient (Wildman–Crippen LogP) is 3.78. The van der Waals surface area contributed by atoms with Gasteiger partial charge in [0.25, 0.3) is 0 Å². The van der Waals surface area contributed by atoms with Crippen molar-refractivity contribution in [3.8, 4) is 17.0 Å². The zero-order chi connectivity index (χ0) is 17.9. The quantitative estimate of drug-likeness (QED) is 0.762. The second-order valence-corrected chi connectivity index (χ2v) is 6.92. The van der Waals surface area contributed by atoms with Crippen LogP contribution in [0.1, 0.15) is 29.3 Å². The Morgan fingerprint density at radius 1 is 1.19 bits per heavy atom. The molecule has 0 radical (unpaired) electrons. The number of H-pyrrole nitrogens is 1. The Kier molecular flexibility index (Phi) is 4.71. The van der Waals surface area contributed by atoms with E-state index in [-0.39, 0.29) is 0 Å². The minimum Gasteiger partial charge on any atom is -0.496 e. The van der Waals surface area contributed by atoms with Crippen molar-refractivity contribution in [1.29, 1.82) is 0 Å². The lowest BCUT2D eigenvalue weighted by atomic mass is 9.97. The van der Waals surface area contributed by atoms with Crippen LogP contribution in [0.2, 0.25) is 0 Å². The molecule has 0 spiro atoms. The number of aromatic nitrogens is 3. The highest BCUT2D eigenvalue weighted by molar-refractivity contribution is 5.62. The van der Waals surface area contributed by atoms with Crippen molar-refractivity contribution in [3.63, 3.8) is 0 Å². The molecule has 2 aromatic heterocycles. The number of methoxy groups -OCH3 is 1. The molecule has 1 atom stereocenters. The van der Waals surface area contributed by atoms with E-state index in [0.29, 0.717) is 5.92 Å². The Morgan fingerprint density at radius 3 is 2.88 bits per heavy atom. The number of rotatable bonds is 5. The van der Waals surface area contributed by atoms with Gasteiger partial charge in [0.05, 0.1) is 19.3 Å². The summed E-state index contributed by atoms with van der Waals surface area (Å²) in [6, 6.07) is 10.6. The van der Waals surface area contributed by atoms with Crippen LogP contribution in [0.15, 0.2) is 48.9 Å². The standard InChI is InChI=1S/C21H24N4O/c1-15-11-17(3-4-20(15)26-2)19-12-16(5-7-22-19)18-6-10-25(13-18)14-21-23-8-9-24-21/h3-5,7-9,11-12,18H,6,10,13-14H2,1-2H3,(H,23,24)/t18-/m0/s1. The maximum Gasteiger partial charge on any atom is 0.121 e. The van der Waals surface area contributed by atoms with Gasteiger partial charge in [-0.1, -0.05) is 0 Å². The third-order valence-corrected chi connectivity index (χ3v) is 5.15. The molecule has 4 rings (SSSR count). The molecule has 0 unspecified atom stereocenters. The summed E-state index contributed by atoms with van der Waals surface area (Å²) in [5, 5.41) is 0. The van der Waals surface area contributed by atoms with E-state index < -0.39 is 0 Å². The highest BCUT2D eigenvalue weighted by Crippen LogP contribution is 2.31. The van der Waals surface area contributed by atoms with Gasteiger partial charge in [-0.25, -0.2) is 4.98 Å². The van der Waals surface area contributed by atoms with Crippen LogP contribution in [0.25, 0.3) is 11.3 Å². The number of likely N-dealkylation sites (tertiary alicyclic amines) is 1. The van der Waals surface area contributed by atoms with Crippen LogP contribution < -0.4 is 4.74 Å². The lowest BCUT2D eigenvalue weighted by molar-refractivity contribution is 0.319. The lowest BCUT2D eigenvalue weighted by Crippen LogP contribution is -2.20. The van der Waals surface area contributed by atoms with Crippen LogP contribution in [-0.4, -0.2) is 40.1 Å². The average molecular weight is 348 g/mol. The van der Waals surface area contributed by atoms with Crippen molar-refractivity contribution in [2.45, 2.75) is 25.8 Å². The zero-order valence-corrected chi connectivity index (χ0v) is 15.3. The summed E-state index contributed by atoms with van der Waals surface area (Å²) < 4.78 is 5.36. The van der Waals surface area contributed by atoms with E-state index >= 15 is 0 Å². The first kappa shape index (κ1) is 16.8. The first-order chi connectivity index (χ1) is 12.7. The van der Waals surface area contributed by atoms with Crippen molar-refractivity contribution in [3.05, 3.63) is 65.9 Å². The number of nitrogens with zero attached hydrogens (tertiary/aromatic N) is 3. The predicted molar refractivity (Wildman–Crippen MR) is 102 cm³/mol. The Balaban J connectivity index is 1.50. The Morgan fingerprint density at radius 2 is 2.12 bits per heavy atom. The van der Waals surface area contributed by atoms with E-state index in [4.69, 9.17) is 4.74 Å². The molecule has 1 N–H and O–H groups in total. The molecule has 0 bridgehead atoms. The fourth-order valence-electron chi connectivity index (χ4n) is 3.74. The summed E-state index contributed by atoms with van der Waals surface area (Å²) in [7, 11) is 1.70. The number of imidazole rings is 1. The van der Waals surface area contributed by atoms with Gasteiger partial charge in [0.1, 0.15) is 11.6 Å². The molecule has 0 aliphatic carbocycles. The first-order valence-electron chi connectivity index (χ1n) is 9.04. The molecule has 5 heteroatoms. The van der Waals surface area contributed by atoms with Crippen molar-refractivity contribution < 1.29 is 4.74 Å². The minimum absolute atomic E-state index is 0.547.